The SMILES string of the molecule is CSc1nc(C)c(CCC(=O)N2CCN(Cc3csc(C(C)(C)C)n3)CC2)c(=O)[nH]1. The number of aromatic nitrogens is 3. The second-order valence-electron chi connectivity index (χ2n) is 8.69. The number of thiazole rings is 1. The largest absolute Gasteiger partial charge is 0.340 e. The molecule has 3 rings (SSSR count). The predicted octanol–water partition coefficient (Wildman–Crippen LogP) is 2.83. The number of carbonyl (C=O) groups excluding carboxylic acids is 1. The van der Waals surface area contributed by atoms with Crippen LogP contribution in [0.15, 0.2) is 15.3 Å². The van der Waals surface area contributed by atoms with E-state index in [-0.39, 0.29) is 16.9 Å². The highest BCUT2D eigenvalue weighted by Gasteiger charge is 2.23. The van der Waals surface area contributed by atoms with Gasteiger partial charge >= 0.3 is 0 Å². The summed E-state index contributed by atoms with van der Waals surface area (Å²) in [5, 5.41) is 3.92. The molecule has 0 unspecified atom stereocenters. The number of nitrogens with zero attached hydrogens (tertiary/aromatic N) is 4. The minimum atomic E-state index is -0.137. The van der Waals surface area contributed by atoms with Crippen molar-refractivity contribution < 1.29 is 4.79 Å². The van der Waals surface area contributed by atoms with Gasteiger partial charge < -0.3 is 9.88 Å². The van der Waals surface area contributed by atoms with E-state index in [9.17, 15) is 9.59 Å². The molecule has 0 atom stereocenters. The lowest BCUT2D eigenvalue weighted by atomic mass is 9.98. The second kappa shape index (κ2) is 9.62. The Labute approximate surface area is 186 Å². The lowest BCUT2D eigenvalue weighted by Gasteiger charge is -2.34. The van der Waals surface area contributed by atoms with Crippen LogP contribution < -0.4 is 5.56 Å². The fraction of sp³-hybridized carbons (Fsp3) is 0.619. The first-order valence-electron chi connectivity index (χ1n) is 10.3. The maximum atomic E-state index is 12.7. The van der Waals surface area contributed by atoms with Crippen LogP contribution in [0.3, 0.4) is 0 Å². The Hall–Kier alpha value is -1.71. The molecule has 2 aromatic rings. The number of thioether (sulfide) groups is 1. The summed E-state index contributed by atoms with van der Waals surface area (Å²) in [6.45, 7) is 12.3. The predicted molar refractivity (Wildman–Crippen MR) is 122 cm³/mol. The van der Waals surface area contributed by atoms with Gasteiger partial charge in [0.25, 0.3) is 5.56 Å². The van der Waals surface area contributed by atoms with Crippen molar-refractivity contribution in [2.45, 2.75) is 57.7 Å². The molecule has 0 saturated carbocycles. The zero-order chi connectivity index (χ0) is 21.9. The molecule has 30 heavy (non-hydrogen) atoms. The third kappa shape index (κ3) is 5.70. The van der Waals surface area contributed by atoms with Gasteiger partial charge in [-0.2, -0.15) is 0 Å². The van der Waals surface area contributed by atoms with Crippen molar-refractivity contribution >= 4 is 29.0 Å². The molecule has 9 heteroatoms. The first-order valence-corrected chi connectivity index (χ1v) is 12.4. The number of hydrogen-bond acceptors (Lipinski definition) is 7. The average Bonchev–Trinajstić information content (AvgIpc) is 3.16. The van der Waals surface area contributed by atoms with Crippen LogP contribution in [0.1, 0.15) is 49.2 Å². The molecule has 2 aromatic heterocycles. The van der Waals surface area contributed by atoms with Crippen molar-refractivity contribution in [2.75, 3.05) is 32.4 Å². The summed E-state index contributed by atoms with van der Waals surface area (Å²) in [5.41, 5.74) is 2.37. The van der Waals surface area contributed by atoms with Gasteiger partial charge in [-0.1, -0.05) is 32.5 Å². The van der Waals surface area contributed by atoms with E-state index in [2.05, 4.69) is 41.0 Å². The zero-order valence-electron chi connectivity index (χ0n) is 18.4. The van der Waals surface area contributed by atoms with Gasteiger partial charge in [-0.25, -0.2) is 9.97 Å². The molecule has 0 aliphatic carbocycles. The van der Waals surface area contributed by atoms with Gasteiger partial charge in [-0.3, -0.25) is 14.5 Å². The fourth-order valence-corrected chi connectivity index (χ4v) is 4.80. The smallest absolute Gasteiger partial charge is 0.254 e. The van der Waals surface area contributed by atoms with Crippen LogP contribution >= 0.6 is 23.1 Å². The minimum absolute atomic E-state index is 0.0827. The van der Waals surface area contributed by atoms with Gasteiger partial charge in [0.2, 0.25) is 5.91 Å². The van der Waals surface area contributed by atoms with E-state index >= 15 is 0 Å². The standard InChI is InChI=1S/C21H31N5O2S2/c1-14-16(18(28)24-20(22-14)29-5)6-7-17(27)26-10-8-25(9-11-26)12-15-13-30-19(23-15)21(2,3)4/h13H,6-12H2,1-5H3,(H,22,24,28). The van der Waals surface area contributed by atoms with Crippen molar-refractivity contribution in [1.29, 1.82) is 0 Å². The average molecular weight is 450 g/mol. The topological polar surface area (TPSA) is 82.2 Å². The van der Waals surface area contributed by atoms with Crippen LogP contribution in [0, 0.1) is 6.92 Å². The van der Waals surface area contributed by atoms with Crippen LogP contribution in [0.25, 0.3) is 0 Å². The lowest BCUT2D eigenvalue weighted by molar-refractivity contribution is -0.133. The molecule has 7 nitrogen and oxygen atoms in total. The van der Waals surface area contributed by atoms with Crippen LogP contribution in [0.5, 0.6) is 0 Å². The molecular formula is C21H31N5O2S2. The molecule has 1 fully saturated rings. The van der Waals surface area contributed by atoms with E-state index < -0.39 is 0 Å². The number of H-pyrrole nitrogens is 1. The Balaban J connectivity index is 1.49. The first-order chi connectivity index (χ1) is 14.2. The summed E-state index contributed by atoms with van der Waals surface area (Å²) in [6, 6.07) is 0. The Morgan fingerprint density at radius 2 is 1.93 bits per heavy atom. The van der Waals surface area contributed by atoms with Crippen LogP contribution in [-0.4, -0.2) is 63.1 Å². The van der Waals surface area contributed by atoms with Gasteiger partial charge in [-0.15, -0.1) is 11.3 Å². The number of nitrogens with one attached hydrogen (secondary N) is 1. The molecule has 1 amide bonds. The third-order valence-corrected chi connectivity index (χ3v) is 7.18. The number of aryl methyl sites for hydroxylation is 1. The summed E-state index contributed by atoms with van der Waals surface area (Å²) in [4.78, 5) is 41.1. The number of piperazine rings is 1. The highest BCUT2D eigenvalue weighted by atomic mass is 32.2. The van der Waals surface area contributed by atoms with Crippen molar-refractivity contribution in [3.8, 4) is 0 Å². The van der Waals surface area contributed by atoms with Gasteiger partial charge in [0.15, 0.2) is 5.16 Å². The lowest BCUT2D eigenvalue weighted by Crippen LogP contribution is -2.48. The third-order valence-electron chi connectivity index (χ3n) is 5.29. The summed E-state index contributed by atoms with van der Waals surface area (Å²) >= 11 is 3.13. The molecule has 164 valence electrons. The minimum Gasteiger partial charge on any atom is -0.340 e. The number of amides is 1. The normalized spacial score (nSPS) is 15.6. The Morgan fingerprint density at radius 1 is 1.23 bits per heavy atom. The number of carbonyl (C=O) groups is 1. The Bertz CT molecular complexity index is 940. The van der Waals surface area contributed by atoms with Crippen molar-refractivity contribution in [3.05, 3.63) is 37.7 Å². The molecule has 0 spiro atoms. The van der Waals surface area contributed by atoms with E-state index in [0.717, 1.165) is 30.3 Å². The van der Waals surface area contributed by atoms with Crippen molar-refractivity contribution in [2.24, 2.45) is 0 Å². The van der Waals surface area contributed by atoms with E-state index in [1.807, 2.05) is 18.1 Å². The van der Waals surface area contributed by atoms with Gasteiger partial charge in [0.05, 0.1) is 10.7 Å². The molecule has 0 bridgehead atoms. The van der Waals surface area contributed by atoms with Crippen molar-refractivity contribution in [3.63, 3.8) is 0 Å². The summed E-state index contributed by atoms with van der Waals surface area (Å²) in [5.74, 6) is 0.103. The maximum Gasteiger partial charge on any atom is 0.254 e. The van der Waals surface area contributed by atoms with Crippen LogP contribution in [0.4, 0.5) is 0 Å². The fourth-order valence-electron chi connectivity index (χ4n) is 3.47. The Morgan fingerprint density at radius 3 is 2.50 bits per heavy atom. The summed E-state index contributed by atoms with van der Waals surface area (Å²) < 4.78 is 0. The van der Waals surface area contributed by atoms with E-state index in [0.29, 0.717) is 42.3 Å². The molecule has 1 N–H and O–H groups in total. The van der Waals surface area contributed by atoms with Crippen LogP contribution in [0.2, 0.25) is 0 Å². The highest BCUT2D eigenvalue weighted by molar-refractivity contribution is 7.98. The van der Waals surface area contributed by atoms with Crippen LogP contribution in [-0.2, 0) is 23.2 Å². The van der Waals surface area contributed by atoms with Gasteiger partial charge in [-0.05, 0) is 19.6 Å². The van der Waals surface area contributed by atoms with Crippen molar-refractivity contribution in [1.82, 2.24) is 24.8 Å². The molecular weight excluding hydrogens is 418 g/mol. The molecule has 3 heterocycles. The summed E-state index contributed by atoms with van der Waals surface area (Å²) in [6.07, 6.45) is 2.64. The Kier molecular flexibility index (Phi) is 7.36. The molecule has 1 saturated heterocycles. The highest BCUT2D eigenvalue weighted by Crippen LogP contribution is 2.26. The summed E-state index contributed by atoms with van der Waals surface area (Å²) in [7, 11) is 0. The maximum absolute atomic E-state index is 12.7. The number of rotatable bonds is 6. The number of hydrogen-bond donors (Lipinski definition) is 1. The second-order valence-corrected chi connectivity index (χ2v) is 10.3. The zero-order valence-corrected chi connectivity index (χ0v) is 20.1. The molecule has 0 aromatic carbocycles. The number of aromatic amines is 1. The van der Waals surface area contributed by atoms with E-state index in [1.54, 1.807) is 11.3 Å². The molecule has 1 aliphatic heterocycles. The monoisotopic (exact) mass is 449 g/mol. The quantitative estimate of drug-likeness (QED) is 0.539. The molecule has 0 radical (unpaired) electrons. The van der Waals surface area contributed by atoms with E-state index in [1.165, 1.54) is 11.8 Å². The van der Waals surface area contributed by atoms with Gasteiger partial charge in [0, 0.05) is 61.2 Å². The molecule has 1 aliphatic rings. The van der Waals surface area contributed by atoms with Gasteiger partial charge in [0.1, 0.15) is 0 Å². The van der Waals surface area contributed by atoms with E-state index in [4.69, 9.17) is 4.98 Å². The first kappa shape index (κ1) is 23.0.